The summed E-state index contributed by atoms with van der Waals surface area (Å²) in [6, 6.07) is 13.8. The van der Waals surface area contributed by atoms with Crippen molar-refractivity contribution in [2.24, 2.45) is 0 Å². The largest absolute Gasteiger partial charge is 0.496 e. The molecule has 2 aromatic carbocycles. The van der Waals surface area contributed by atoms with E-state index in [1.807, 2.05) is 30.3 Å². The van der Waals surface area contributed by atoms with E-state index in [0.717, 1.165) is 21.3 Å². The van der Waals surface area contributed by atoms with Crippen molar-refractivity contribution in [1.82, 2.24) is 15.5 Å². The Kier molecular flexibility index (Phi) is 7.04. The van der Waals surface area contributed by atoms with Crippen LogP contribution in [0, 0.1) is 0 Å². The Morgan fingerprint density at radius 2 is 1.97 bits per heavy atom. The lowest BCUT2D eigenvalue weighted by atomic mass is 10.0. The lowest BCUT2D eigenvalue weighted by Gasteiger charge is -2.07. The molecule has 0 bridgehead atoms. The molecule has 1 N–H and O–H groups in total. The summed E-state index contributed by atoms with van der Waals surface area (Å²) < 4.78 is 11.3. The molecule has 1 heterocycles. The van der Waals surface area contributed by atoms with Crippen molar-refractivity contribution in [3.05, 3.63) is 64.0 Å². The van der Waals surface area contributed by atoms with E-state index in [2.05, 4.69) is 57.4 Å². The van der Waals surface area contributed by atoms with E-state index < -0.39 is 0 Å². The van der Waals surface area contributed by atoms with E-state index >= 15 is 0 Å². The van der Waals surface area contributed by atoms with Crippen LogP contribution in [-0.2, 0) is 17.8 Å². The Balaban J connectivity index is 1.50. The van der Waals surface area contributed by atoms with E-state index in [4.69, 9.17) is 9.26 Å². The van der Waals surface area contributed by atoms with Crippen molar-refractivity contribution in [2.75, 3.05) is 7.11 Å². The number of hydrogen-bond donors (Lipinski definition) is 1. The van der Waals surface area contributed by atoms with Crippen LogP contribution in [0.4, 0.5) is 0 Å². The summed E-state index contributed by atoms with van der Waals surface area (Å²) in [6.45, 7) is 4.75. The van der Waals surface area contributed by atoms with Crippen molar-refractivity contribution in [1.29, 1.82) is 0 Å². The molecule has 0 unspecified atom stereocenters. The van der Waals surface area contributed by atoms with Gasteiger partial charge in [0.15, 0.2) is 0 Å². The summed E-state index contributed by atoms with van der Waals surface area (Å²) in [5.41, 5.74) is 3.15. The van der Waals surface area contributed by atoms with Crippen molar-refractivity contribution in [3.8, 4) is 17.1 Å². The predicted molar refractivity (Wildman–Crippen MR) is 115 cm³/mol. The molecule has 0 aliphatic rings. The molecule has 0 saturated carbocycles. The second-order valence-corrected chi connectivity index (χ2v) is 7.89. The number of aromatic nitrogens is 2. The molecule has 0 saturated heterocycles. The Morgan fingerprint density at radius 1 is 1.21 bits per heavy atom. The number of rotatable bonds is 8. The van der Waals surface area contributed by atoms with E-state index in [0.29, 0.717) is 30.6 Å². The summed E-state index contributed by atoms with van der Waals surface area (Å²) in [5.74, 6) is 2.15. The van der Waals surface area contributed by atoms with Crippen LogP contribution in [0.5, 0.6) is 5.75 Å². The highest BCUT2D eigenvalue weighted by Crippen LogP contribution is 2.25. The number of nitrogens with zero attached hydrogens (tertiary/aromatic N) is 2. The zero-order valence-electron chi connectivity index (χ0n) is 16.7. The summed E-state index contributed by atoms with van der Waals surface area (Å²) >= 11 is 3.44. The fraction of sp³-hybridized carbons (Fsp3) is 0.318. The molecule has 1 aromatic heterocycles. The van der Waals surface area contributed by atoms with E-state index in [1.165, 1.54) is 5.56 Å². The van der Waals surface area contributed by atoms with Gasteiger partial charge in [-0.2, -0.15) is 4.98 Å². The van der Waals surface area contributed by atoms with Crippen LogP contribution in [-0.4, -0.2) is 23.2 Å². The van der Waals surface area contributed by atoms with Gasteiger partial charge in [-0.3, -0.25) is 4.79 Å². The lowest BCUT2D eigenvalue weighted by Crippen LogP contribution is -2.23. The van der Waals surface area contributed by atoms with E-state index in [-0.39, 0.29) is 12.3 Å². The quantitative estimate of drug-likeness (QED) is 0.521. The van der Waals surface area contributed by atoms with Crippen LogP contribution in [0.2, 0.25) is 0 Å². The van der Waals surface area contributed by atoms with Gasteiger partial charge in [0.1, 0.15) is 5.75 Å². The summed E-state index contributed by atoms with van der Waals surface area (Å²) in [7, 11) is 1.62. The molecule has 0 aliphatic heterocycles. The van der Waals surface area contributed by atoms with Gasteiger partial charge in [0, 0.05) is 24.9 Å². The third-order valence-electron chi connectivity index (χ3n) is 4.58. The maximum Gasteiger partial charge on any atom is 0.227 e. The number of methoxy groups -OCH3 is 1. The highest BCUT2D eigenvalue weighted by Gasteiger charge is 2.11. The van der Waals surface area contributed by atoms with Gasteiger partial charge in [-0.1, -0.05) is 49.3 Å². The highest BCUT2D eigenvalue weighted by molar-refractivity contribution is 9.10. The van der Waals surface area contributed by atoms with Gasteiger partial charge in [0.25, 0.3) is 0 Å². The number of amides is 1. The Morgan fingerprint density at radius 3 is 2.62 bits per heavy atom. The summed E-state index contributed by atoms with van der Waals surface area (Å²) in [4.78, 5) is 16.5. The molecule has 0 radical (unpaired) electrons. The van der Waals surface area contributed by atoms with E-state index in [1.54, 1.807) is 7.11 Å². The Hall–Kier alpha value is -2.67. The van der Waals surface area contributed by atoms with Crippen molar-refractivity contribution >= 4 is 21.8 Å². The second-order valence-electron chi connectivity index (χ2n) is 7.03. The van der Waals surface area contributed by atoms with Crippen molar-refractivity contribution < 1.29 is 14.1 Å². The second kappa shape index (κ2) is 9.69. The van der Waals surface area contributed by atoms with Crippen LogP contribution in [0.15, 0.2) is 51.5 Å². The van der Waals surface area contributed by atoms with Crippen LogP contribution in [0.1, 0.15) is 43.2 Å². The van der Waals surface area contributed by atoms with Crippen molar-refractivity contribution in [2.45, 2.75) is 39.2 Å². The van der Waals surface area contributed by atoms with Gasteiger partial charge < -0.3 is 14.6 Å². The minimum Gasteiger partial charge on any atom is -0.496 e. The number of halogens is 1. The van der Waals surface area contributed by atoms with Crippen molar-refractivity contribution in [3.63, 3.8) is 0 Å². The fourth-order valence-electron chi connectivity index (χ4n) is 2.82. The number of ether oxygens (including phenoxy) is 1. The van der Waals surface area contributed by atoms with Gasteiger partial charge >= 0.3 is 0 Å². The molecular formula is C22H24BrN3O3. The van der Waals surface area contributed by atoms with Crippen LogP contribution in [0.25, 0.3) is 11.4 Å². The number of hydrogen-bond acceptors (Lipinski definition) is 5. The molecular weight excluding hydrogens is 434 g/mol. The monoisotopic (exact) mass is 457 g/mol. The Bertz CT molecular complexity index is 968. The zero-order chi connectivity index (χ0) is 20.8. The van der Waals surface area contributed by atoms with Crippen LogP contribution < -0.4 is 10.1 Å². The normalized spacial score (nSPS) is 10.9. The van der Waals surface area contributed by atoms with Gasteiger partial charge in [-0.25, -0.2) is 0 Å². The lowest BCUT2D eigenvalue weighted by molar-refractivity contribution is -0.121. The maximum absolute atomic E-state index is 12.1. The molecule has 29 heavy (non-hydrogen) atoms. The molecule has 3 aromatic rings. The fourth-order valence-corrected chi connectivity index (χ4v) is 3.41. The third-order valence-corrected chi connectivity index (χ3v) is 5.20. The smallest absolute Gasteiger partial charge is 0.227 e. The van der Waals surface area contributed by atoms with Gasteiger partial charge in [-0.15, -0.1) is 0 Å². The summed E-state index contributed by atoms with van der Waals surface area (Å²) in [5, 5.41) is 6.92. The first-order chi connectivity index (χ1) is 14.0. The first kappa shape index (κ1) is 21.0. The standard InChI is InChI=1S/C22H24BrN3O3/c1-14(2)16-5-7-17(8-6-16)22-25-21(29-26-22)11-10-20(27)24-13-15-4-9-19(28-3)18(23)12-15/h4-9,12,14H,10-11,13H2,1-3H3,(H,24,27). The maximum atomic E-state index is 12.1. The minimum atomic E-state index is -0.0713. The SMILES string of the molecule is COc1ccc(CNC(=O)CCc2nc(-c3ccc(C(C)C)cc3)no2)cc1Br. The average Bonchev–Trinajstić information content (AvgIpc) is 3.20. The predicted octanol–water partition coefficient (Wildman–Crippen LogP) is 4.88. The molecule has 0 fully saturated rings. The molecule has 6 nitrogen and oxygen atoms in total. The van der Waals surface area contributed by atoms with Gasteiger partial charge in [0.2, 0.25) is 17.6 Å². The highest BCUT2D eigenvalue weighted by atomic mass is 79.9. The molecule has 7 heteroatoms. The molecule has 3 rings (SSSR count). The molecule has 0 spiro atoms. The van der Waals surface area contributed by atoms with Crippen LogP contribution >= 0.6 is 15.9 Å². The molecule has 1 amide bonds. The number of carbonyl (C=O) groups excluding carboxylic acids is 1. The van der Waals surface area contributed by atoms with Gasteiger partial charge in [-0.05, 0) is 45.1 Å². The zero-order valence-corrected chi connectivity index (χ0v) is 18.3. The average molecular weight is 458 g/mol. The molecule has 0 atom stereocenters. The molecule has 0 aliphatic carbocycles. The number of carbonyl (C=O) groups is 1. The van der Waals surface area contributed by atoms with Gasteiger partial charge in [0.05, 0.1) is 11.6 Å². The minimum absolute atomic E-state index is 0.0713. The first-order valence-electron chi connectivity index (χ1n) is 9.48. The third kappa shape index (κ3) is 5.67. The van der Waals surface area contributed by atoms with E-state index in [9.17, 15) is 4.79 Å². The molecule has 152 valence electrons. The summed E-state index contributed by atoms with van der Waals surface area (Å²) in [6.07, 6.45) is 0.681. The Labute approximate surface area is 178 Å². The number of benzene rings is 2. The topological polar surface area (TPSA) is 77.2 Å². The van der Waals surface area contributed by atoms with Crippen LogP contribution in [0.3, 0.4) is 0 Å². The first-order valence-corrected chi connectivity index (χ1v) is 10.3. The number of nitrogens with one attached hydrogen (secondary N) is 1. The number of aryl methyl sites for hydroxylation is 1.